The molecule has 0 bridgehead atoms. The second-order valence-electron chi connectivity index (χ2n) is 6.38. The van der Waals surface area contributed by atoms with Crippen molar-refractivity contribution in [2.24, 2.45) is 5.92 Å². The zero-order valence-electron chi connectivity index (χ0n) is 13.9. The van der Waals surface area contributed by atoms with E-state index in [0.717, 1.165) is 24.9 Å². The molecule has 1 aromatic carbocycles. The summed E-state index contributed by atoms with van der Waals surface area (Å²) in [5.41, 5.74) is 1.10. The lowest BCUT2D eigenvalue weighted by Gasteiger charge is -2.35. The zero-order valence-corrected chi connectivity index (χ0v) is 13.9. The molecule has 2 aliphatic heterocycles. The van der Waals surface area contributed by atoms with Crippen molar-refractivity contribution >= 4 is 11.8 Å². The Hall–Kier alpha value is -1.92. The molecule has 2 aliphatic rings. The molecule has 0 spiro atoms. The van der Waals surface area contributed by atoms with Gasteiger partial charge in [-0.2, -0.15) is 0 Å². The Bertz CT molecular complexity index is 550. The second-order valence-corrected chi connectivity index (χ2v) is 6.38. The lowest BCUT2D eigenvalue weighted by Crippen LogP contribution is -2.54. The maximum Gasteiger partial charge on any atom is 0.242 e. The van der Waals surface area contributed by atoms with Gasteiger partial charge in [0.1, 0.15) is 6.04 Å². The highest BCUT2D eigenvalue weighted by atomic mass is 16.5. The van der Waals surface area contributed by atoms with Gasteiger partial charge in [0.15, 0.2) is 0 Å². The van der Waals surface area contributed by atoms with Crippen LogP contribution in [0.2, 0.25) is 0 Å². The summed E-state index contributed by atoms with van der Waals surface area (Å²) in [4.78, 5) is 26.6. The van der Waals surface area contributed by atoms with E-state index in [4.69, 9.17) is 4.74 Å². The molecule has 6 nitrogen and oxygen atoms in total. The van der Waals surface area contributed by atoms with E-state index in [9.17, 15) is 9.59 Å². The molecule has 1 aromatic rings. The van der Waals surface area contributed by atoms with E-state index in [1.807, 2.05) is 35.2 Å². The van der Waals surface area contributed by atoms with E-state index in [1.54, 1.807) is 0 Å². The monoisotopic (exact) mass is 331 g/mol. The number of carbonyl (C=O) groups is 2. The van der Waals surface area contributed by atoms with Crippen LogP contribution in [0.1, 0.15) is 18.4 Å². The molecule has 3 rings (SSSR count). The smallest absolute Gasteiger partial charge is 0.242 e. The second kappa shape index (κ2) is 8.26. The van der Waals surface area contributed by atoms with Crippen LogP contribution in [0.5, 0.6) is 0 Å². The maximum atomic E-state index is 12.4. The van der Waals surface area contributed by atoms with Crippen LogP contribution in [0.3, 0.4) is 0 Å². The highest BCUT2D eigenvalue weighted by molar-refractivity contribution is 5.83. The Morgan fingerprint density at radius 2 is 1.96 bits per heavy atom. The molecule has 0 aliphatic carbocycles. The molecule has 1 unspecified atom stereocenters. The highest BCUT2D eigenvalue weighted by Gasteiger charge is 2.31. The third-order valence-corrected chi connectivity index (χ3v) is 4.71. The molecule has 0 saturated carbocycles. The van der Waals surface area contributed by atoms with Crippen molar-refractivity contribution in [2.75, 3.05) is 32.8 Å². The van der Waals surface area contributed by atoms with Gasteiger partial charge in [-0.15, -0.1) is 0 Å². The number of nitrogens with zero attached hydrogens (tertiary/aromatic N) is 1. The van der Waals surface area contributed by atoms with Crippen LogP contribution in [0.25, 0.3) is 0 Å². The number of benzene rings is 1. The third kappa shape index (κ3) is 4.33. The number of hydrogen-bond acceptors (Lipinski definition) is 4. The quantitative estimate of drug-likeness (QED) is 0.844. The fraction of sp³-hybridized carbons (Fsp3) is 0.556. The average Bonchev–Trinajstić information content (AvgIpc) is 2.67. The molecule has 24 heavy (non-hydrogen) atoms. The minimum atomic E-state index is -0.234. The summed E-state index contributed by atoms with van der Waals surface area (Å²) in [6.07, 6.45) is 1.44. The fourth-order valence-electron chi connectivity index (χ4n) is 3.24. The van der Waals surface area contributed by atoms with E-state index < -0.39 is 0 Å². The summed E-state index contributed by atoms with van der Waals surface area (Å²) < 4.78 is 5.35. The maximum absolute atomic E-state index is 12.4. The predicted octanol–water partition coefficient (Wildman–Crippen LogP) is 0.530. The number of piperidine rings is 1. The SMILES string of the molecule is O=C(NCc1ccccc1)C1CCN(C(=O)C2COCCN2)CC1. The van der Waals surface area contributed by atoms with Crippen molar-refractivity contribution < 1.29 is 14.3 Å². The van der Waals surface area contributed by atoms with Gasteiger partial charge in [-0.1, -0.05) is 30.3 Å². The van der Waals surface area contributed by atoms with Crippen LogP contribution < -0.4 is 10.6 Å². The van der Waals surface area contributed by atoms with Crippen molar-refractivity contribution in [3.8, 4) is 0 Å². The van der Waals surface area contributed by atoms with Crippen LogP contribution >= 0.6 is 0 Å². The zero-order chi connectivity index (χ0) is 16.8. The van der Waals surface area contributed by atoms with Gasteiger partial charge in [0.2, 0.25) is 11.8 Å². The topological polar surface area (TPSA) is 70.7 Å². The van der Waals surface area contributed by atoms with Gasteiger partial charge in [-0.05, 0) is 18.4 Å². The molecule has 2 heterocycles. The first-order valence-electron chi connectivity index (χ1n) is 8.65. The number of nitrogens with one attached hydrogen (secondary N) is 2. The Kier molecular flexibility index (Phi) is 5.82. The van der Waals surface area contributed by atoms with Gasteiger partial charge in [-0.3, -0.25) is 9.59 Å². The van der Waals surface area contributed by atoms with Crippen molar-refractivity contribution in [3.05, 3.63) is 35.9 Å². The molecular formula is C18H25N3O3. The van der Waals surface area contributed by atoms with Gasteiger partial charge in [-0.25, -0.2) is 0 Å². The van der Waals surface area contributed by atoms with E-state index >= 15 is 0 Å². The molecule has 2 amide bonds. The van der Waals surface area contributed by atoms with Crippen molar-refractivity contribution in [2.45, 2.75) is 25.4 Å². The normalized spacial score (nSPS) is 22.2. The number of likely N-dealkylation sites (tertiary alicyclic amines) is 1. The molecule has 1 atom stereocenters. The van der Waals surface area contributed by atoms with Gasteiger partial charge >= 0.3 is 0 Å². The van der Waals surface area contributed by atoms with Crippen LogP contribution in [-0.4, -0.2) is 55.6 Å². The van der Waals surface area contributed by atoms with Crippen LogP contribution in [0.4, 0.5) is 0 Å². The van der Waals surface area contributed by atoms with Crippen LogP contribution in [-0.2, 0) is 20.9 Å². The number of carbonyl (C=O) groups excluding carboxylic acids is 2. The van der Waals surface area contributed by atoms with E-state index in [-0.39, 0.29) is 23.8 Å². The van der Waals surface area contributed by atoms with Crippen LogP contribution in [0.15, 0.2) is 30.3 Å². The molecule has 2 N–H and O–H groups in total. The highest BCUT2D eigenvalue weighted by Crippen LogP contribution is 2.18. The third-order valence-electron chi connectivity index (χ3n) is 4.71. The molecule has 0 radical (unpaired) electrons. The van der Waals surface area contributed by atoms with Gasteiger partial charge in [0, 0.05) is 32.1 Å². The first-order valence-corrected chi connectivity index (χ1v) is 8.65. The number of amides is 2. The fourth-order valence-corrected chi connectivity index (χ4v) is 3.24. The summed E-state index contributed by atoms with van der Waals surface area (Å²) >= 11 is 0. The Morgan fingerprint density at radius 3 is 2.62 bits per heavy atom. The number of ether oxygens (including phenoxy) is 1. The van der Waals surface area contributed by atoms with Gasteiger partial charge in [0.25, 0.3) is 0 Å². The molecule has 2 fully saturated rings. The largest absolute Gasteiger partial charge is 0.378 e. The van der Waals surface area contributed by atoms with E-state index in [0.29, 0.717) is 32.8 Å². The van der Waals surface area contributed by atoms with E-state index in [1.165, 1.54) is 0 Å². The minimum Gasteiger partial charge on any atom is -0.378 e. The average molecular weight is 331 g/mol. The Morgan fingerprint density at radius 1 is 1.21 bits per heavy atom. The van der Waals surface area contributed by atoms with Gasteiger partial charge in [0.05, 0.1) is 13.2 Å². The number of morpholine rings is 1. The van der Waals surface area contributed by atoms with Crippen LogP contribution in [0, 0.1) is 5.92 Å². The summed E-state index contributed by atoms with van der Waals surface area (Å²) in [5, 5.41) is 6.19. The number of rotatable bonds is 4. The summed E-state index contributed by atoms with van der Waals surface area (Å²) in [7, 11) is 0. The van der Waals surface area contributed by atoms with Gasteiger partial charge < -0.3 is 20.3 Å². The number of hydrogen-bond donors (Lipinski definition) is 2. The lowest BCUT2D eigenvalue weighted by atomic mass is 9.95. The Balaban J connectivity index is 1.42. The summed E-state index contributed by atoms with van der Waals surface area (Å²) in [6, 6.07) is 9.66. The molecular weight excluding hydrogens is 306 g/mol. The molecule has 0 aromatic heterocycles. The summed E-state index contributed by atoms with van der Waals surface area (Å²) in [5.74, 6) is 0.177. The molecule has 6 heteroatoms. The van der Waals surface area contributed by atoms with Crippen molar-refractivity contribution in [3.63, 3.8) is 0 Å². The molecule has 130 valence electrons. The standard InChI is InChI=1S/C18H25N3O3/c22-17(20-12-14-4-2-1-3-5-14)15-6-9-21(10-7-15)18(23)16-13-24-11-8-19-16/h1-5,15-16,19H,6-13H2,(H,20,22). The first-order chi connectivity index (χ1) is 11.7. The molecule has 2 saturated heterocycles. The Labute approximate surface area is 142 Å². The van der Waals surface area contributed by atoms with E-state index in [2.05, 4.69) is 10.6 Å². The summed E-state index contributed by atoms with van der Waals surface area (Å²) in [6.45, 7) is 3.65. The predicted molar refractivity (Wildman–Crippen MR) is 90.2 cm³/mol. The minimum absolute atomic E-state index is 0.00618. The first kappa shape index (κ1) is 16.9. The van der Waals surface area contributed by atoms with Crippen molar-refractivity contribution in [1.29, 1.82) is 0 Å². The lowest BCUT2D eigenvalue weighted by molar-refractivity contribution is -0.139. The van der Waals surface area contributed by atoms with Crippen molar-refractivity contribution in [1.82, 2.24) is 15.5 Å².